The summed E-state index contributed by atoms with van der Waals surface area (Å²) in [6.45, 7) is 4.15. The van der Waals surface area contributed by atoms with E-state index in [1.54, 1.807) is 22.7 Å². The van der Waals surface area contributed by atoms with Gasteiger partial charge in [-0.3, -0.25) is 4.99 Å². The molecule has 3 heterocycles. The maximum atomic E-state index is 4.65. The molecule has 0 unspecified atom stereocenters. The lowest BCUT2D eigenvalue weighted by Gasteiger charge is -2.01. The Morgan fingerprint density at radius 3 is 2.81 bits per heavy atom. The summed E-state index contributed by atoms with van der Waals surface area (Å²) in [7, 11) is 0. The molecule has 3 aromatic rings. The molecule has 6 heteroatoms. The highest BCUT2D eigenvalue weighted by molar-refractivity contribution is 7.14. The number of aromatic amines is 1. The Morgan fingerprint density at radius 1 is 1.24 bits per heavy atom. The minimum Gasteiger partial charge on any atom is -0.360 e. The first-order valence-corrected chi connectivity index (χ1v) is 8.46. The minimum absolute atomic E-state index is 0.242. The first-order chi connectivity index (χ1) is 10.2. The van der Waals surface area contributed by atoms with Gasteiger partial charge in [-0.25, -0.2) is 4.68 Å². The van der Waals surface area contributed by atoms with Crippen molar-refractivity contribution in [2.24, 2.45) is 10.1 Å². The highest BCUT2D eigenvalue weighted by atomic mass is 32.1. The van der Waals surface area contributed by atoms with Gasteiger partial charge in [0, 0.05) is 17.6 Å². The summed E-state index contributed by atoms with van der Waals surface area (Å²) in [4.78, 5) is 9.89. The van der Waals surface area contributed by atoms with Crippen molar-refractivity contribution in [3.8, 4) is 10.6 Å². The van der Waals surface area contributed by atoms with Crippen molar-refractivity contribution in [2.45, 2.75) is 19.9 Å². The Kier molecular flexibility index (Phi) is 4.17. The van der Waals surface area contributed by atoms with Gasteiger partial charge in [-0.15, -0.1) is 22.7 Å². The fraction of sp³-hybridized carbons (Fsp3) is 0.200. The predicted molar refractivity (Wildman–Crippen MR) is 90.1 cm³/mol. The van der Waals surface area contributed by atoms with Crippen LogP contribution in [0, 0.1) is 0 Å². The normalized spacial score (nSPS) is 12.8. The molecule has 0 amide bonds. The predicted octanol–water partition coefficient (Wildman–Crippen LogP) is 3.80. The van der Waals surface area contributed by atoms with Gasteiger partial charge < -0.3 is 4.98 Å². The van der Waals surface area contributed by atoms with E-state index in [-0.39, 0.29) is 6.04 Å². The molecule has 21 heavy (non-hydrogen) atoms. The van der Waals surface area contributed by atoms with Gasteiger partial charge in [0.05, 0.1) is 22.5 Å². The van der Waals surface area contributed by atoms with E-state index in [4.69, 9.17) is 0 Å². The third-order valence-electron chi connectivity index (χ3n) is 2.76. The van der Waals surface area contributed by atoms with Crippen LogP contribution in [-0.2, 0) is 0 Å². The van der Waals surface area contributed by atoms with Crippen LogP contribution in [0.15, 0.2) is 51.3 Å². The summed E-state index contributed by atoms with van der Waals surface area (Å²) in [5, 5.41) is 8.79. The SMILES string of the molecule is CC(C)N=c1scc(-c2cccs2)n1N=Cc1ccc[nH]1. The van der Waals surface area contributed by atoms with E-state index in [2.05, 4.69) is 51.8 Å². The summed E-state index contributed by atoms with van der Waals surface area (Å²) >= 11 is 3.33. The number of hydrogen-bond donors (Lipinski definition) is 1. The van der Waals surface area contributed by atoms with Crippen LogP contribution in [0.5, 0.6) is 0 Å². The number of rotatable bonds is 4. The van der Waals surface area contributed by atoms with E-state index in [1.807, 2.05) is 29.2 Å². The molecule has 0 bridgehead atoms. The first kappa shape index (κ1) is 14.0. The van der Waals surface area contributed by atoms with Gasteiger partial charge in [-0.1, -0.05) is 6.07 Å². The molecule has 3 aromatic heterocycles. The standard InChI is InChI=1S/C15H16N4S2/c1-11(2)18-15-19(17-9-12-5-3-7-16-12)13(10-21-15)14-6-4-8-20-14/h3-11,16H,1-2H3. The number of thiophene rings is 1. The molecule has 0 aliphatic carbocycles. The number of nitrogens with one attached hydrogen (secondary N) is 1. The van der Waals surface area contributed by atoms with E-state index < -0.39 is 0 Å². The zero-order chi connectivity index (χ0) is 14.7. The van der Waals surface area contributed by atoms with Crippen LogP contribution in [0.25, 0.3) is 10.6 Å². The molecule has 1 N–H and O–H groups in total. The van der Waals surface area contributed by atoms with Crippen molar-refractivity contribution in [1.82, 2.24) is 9.66 Å². The Balaban J connectivity index is 2.08. The van der Waals surface area contributed by atoms with Crippen LogP contribution in [0.2, 0.25) is 0 Å². The van der Waals surface area contributed by atoms with Crippen LogP contribution in [0.1, 0.15) is 19.5 Å². The van der Waals surface area contributed by atoms with Gasteiger partial charge >= 0.3 is 0 Å². The number of hydrogen-bond acceptors (Lipinski definition) is 4. The molecular formula is C15H16N4S2. The van der Waals surface area contributed by atoms with Crippen LogP contribution < -0.4 is 4.80 Å². The largest absolute Gasteiger partial charge is 0.360 e. The number of H-pyrrole nitrogens is 1. The van der Waals surface area contributed by atoms with Crippen molar-refractivity contribution in [1.29, 1.82) is 0 Å². The van der Waals surface area contributed by atoms with Gasteiger partial charge in [0.25, 0.3) is 0 Å². The van der Waals surface area contributed by atoms with Crippen molar-refractivity contribution < 1.29 is 0 Å². The van der Waals surface area contributed by atoms with Gasteiger partial charge in [-0.2, -0.15) is 5.10 Å². The van der Waals surface area contributed by atoms with Crippen molar-refractivity contribution in [2.75, 3.05) is 0 Å². The molecule has 0 aromatic carbocycles. The third-order valence-corrected chi connectivity index (χ3v) is 4.48. The summed E-state index contributed by atoms with van der Waals surface area (Å²) in [5.41, 5.74) is 2.05. The van der Waals surface area contributed by atoms with E-state index in [9.17, 15) is 0 Å². The van der Waals surface area contributed by atoms with E-state index in [1.165, 1.54) is 4.88 Å². The van der Waals surface area contributed by atoms with Gasteiger partial charge in [0.2, 0.25) is 4.80 Å². The Bertz CT molecular complexity index is 774. The lowest BCUT2D eigenvalue weighted by Crippen LogP contribution is -2.14. The second-order valence-electron chi connectivity index (χ2n) is 4.79. The van der Waals surface area contributed by atoms with Crippen molar-refractivity contribution >= 4 is 28.9 Å². The second kappa shape index (κ2) is 6.24. The number of nitrogens with zero attached hydrogens (tertiary/aromatic N) is 3. The first-order valence-electron chi connectivity index (χ1n) is 6.70. The van der Waals surface area contributed by atoms with Crippen LogP contribution in [0.3, 0.4) is 0 Å². The molecule has 0 radical (unpaired) electrons. The van der Waals surface area contributed by atoms with E-state index in [0.29, 0.717) is 0 Å². The molecule has 0 atom stereocenters. The van der Waals surface area contributed by atoms with Crippen LogP contribution in [0.4, 0.5) is 0 Å². The third kappa shape index (κ3) is 3.22. The minimum atomic E-state index is 0.242. The van der Waals surface area contributed by atoms with Gasteiger partial charge in [-0.05, 0) is 37.4 Å². The van der Waals surface area contributed by atoms with Crippen LogP contribution >= 0.6 is 22.7 Å². The summed E-state index contributed by atoms with van der Waals surface area (Å²) in [6.07, 6.45) is 3.71. The highest BCUT2D eigenvalue weighted by Crippen LogP contribution is 2.25. The average molecular weight is 316 g/mol. The summed E-state index contributed by atoms with van der Waals surface area (Å²) in [5.74, 6) is 0. The molecule has 108 valence electrons. The molecule has 0 saturated carbocycles. The Labute approximate surface area is 131 Å². The van der Waals surface area contributed by atoms with Crippen LogP contribution in [-0.4, -0.2) is 21.9 Å². The molecule has 3 rings (SSSR count). The fourth-order valence-corrected chi connectivity index (χ4v) is 3.62. The number of aromatic nitrogens is 2. The van der Waals surface area contributed by atoms with E-state index in [0.717, 1.165) is 16.2 Å². The average Bonchev–Trinajstić information content (AvgIpc) is 3.18. The van der Waals surface area contributed by atoms with Crippen molar-refractivity contribution in [3.05, 3.63) is 51.7 Å². The van der Waals surface area contributed by atoms with Gasteiger partial charge in [0.1, 0.15) is 0 Å². The molecule has 0 saturated heterocycles. The summed E-state index contributed by atoms with van der Waals surface area (Å²) in [6, 6.07) is 8.34. The van der Waals surface area contributed by atoms with Gasteiger partial charge in [0.15, 0.2) is 0 Å². The lowest BCUT2D eigenvalue weighted by atomic mass is 10.4. The molecule has 0 spiro atoms. The monoisotopic (exact) mass is 316 g/mol. The highest BCUT2D eigenvalue weighted by Gasteiger charge is 2.08. The smallest absolute Gasteiger partial charge is 0.206 e. The lowest BCUT2D eigenvalue weighted by molar-refractivity contribution is 0.755. The van der Waals surface area contributed by atoms with E-state index >= 15 is 0 Å². The zero-order valence-electron chi connectivity index (χ0n) is 11.9. The Hall–Kier alpha value is -1.92. The Morgan fingerprint density at radius 2 is 2.14 bits per heavy atom. The quantitative estimate of drug-likeness (QED) is 0.712. The van der Waals surface area contributed by atoms with Crippen molar-refractivity contribution in [3.63, 3.8) is 0 Å². The number of thiazole rings is 1. The molecular weight excluding hydrogens is 300 g/mol. The second-order valence-corrected chi connectivity index (χ2v) is 6.57. The summed E-state index contributed by atoms with van der Waals surface area (Å²) < 4.78 is 1.91. The fourth-order valence-electron chi connectivity index (χ4n) is 1.86. The topological polar surface area (TPSA) is 45.4 Å². The molecule has 0 aliphatic heterocycles. The molecule has 0 fully saturated rings. The zero-order valence-corrected chi connectivity index (χ0v) is 13.5. The maximum absolute atomic E-state index is 4.65. The molecule has 4 nitrogen and oxygen atoms in total. The maximum Gasteiger partial charge on any atom is 0.206 e. The molecule has 0 aliphatic rings.